The molecule has 0 spiro atoms. The highest BCUT2D eigenvalue weighted by molar-refractivity contribution is 5.93. The third kappa shape index (κ3) is 3.68. The van der Waals surface area contributed by atoms with Gasteiger partial charge < -0.3 is 9.72 Å². The number of rotatable bonds is 4. The molecular formula is C24H21F2N3O. The van der Waals surface area contributed by atoms with Crippen LogP contribution in [0.1, 0.15) is 22.4 Å². The summed E-state index contributed by atoms with van der Waals surface area (Å²) in [5.41, 5.74) is 6.68. The fourth-order valence-electron chi connectivity index (χ4n) is 3.47. The van der Waals surface area contributed by atoms with Crippen molar-refractivity contribution in [3.8, 4) is 11.3 Å². The maximum absolute atomic E-state index is 13.5. The number of anilines is 1. The Kier molecular flexibility index (Phi) is 5.08. The van der Waals surface area contributed by atoms with E-state index in [2.05, 4.69) is 11.4 Å². The molecule has 1 amide bonds. The number of nitrogens with one attached hydrogen (secondary N) is 1. The summed E-state index contributed by atoms with van der Waals surface area (Å²) < 4.78 is 28.5. The van der Waals surface area contributed by atoms with E-state index in [9.17, 15) is 13.6 Å². The number of carbonyl (C=O) groups is 1. The largest absolute Gasteiger partial charge is 0.326 e. The van der Waals surface area contributed by atoms with Crippen LogP contribution in [0.15, 0.2) is 54.7 Å². The van der Waals surface area contributed by atoms with Gasteiger partial charge in [-0.15, -0.1) is 0 Å². The van der Waals surface area contributed by atoms with Gasteiger partial charge in [0.1, 0.15) is 5.65 Å². The quantitative estimate of drug-likeness (QED) is 0.495. The molecule has 30 heavy (non-hydrogen) atoms. The van der Waals surface area contributed by atoms with E-state index in [0.29, 0.717) is 0 Å². The number of benzene rings is 2. The first kappa shape index (κ1) is 19.8. The van der Waals surface area contributed by atoms with Crippen molar-refractivity contribution in [3.63, 3.8) is 0 Å². The minimum absolute atomic E-state index is 0.0336. The zero-order valence-corrected chi connectivity index (χ0v) is 17.0. The maximum Gasteiger partial charge on any atom is 0.230 e. The Labute approximate surface area is 173 Å². The molecule has 0 fully saturated rings. The fourth-order valence-corrected chi connectivity index (χ4v) is 3.47. The lowest BCUT2D eigenvalue weighted by atomic mass is 10.0. The number of carbonyl (C=O) groups excluding carboxylic acids is 1. The van der Waals surface area contributed by atoms with Gasteiger partial charge in [0.05, 0.1) is 17.8 Å². The van der Waals surface area contributed by atoms with Crippen molar-refractivity contribution in [2.75, 3.05) is 5.32 Å². The van der Waals surface area contributed by atoms with Crippen molar-refractivity contribution in [1.29, 1.82) is 0 Å². The van der Waals surface area contributed by atoms with Crippen LogP contribution in [0, 0.1) is 32.4 Å². The highest BCUT2D eigenvalue weighted by Crippen LogP contribution is 2.28. The molecule has 0 aliphatic carbocycles. The van der Waals surface area contributed by atoms with Gasteiger partial charge in [-0.2, -0.15) is 0 Å². The predicted octanol–water partition coefficient (Wildman–Crippen LogP) is 5.39. The summed E-state index contributed by atoms with van der Waals surface area (Å²) in [4.78, 5) is 17.6. The molecule has 0 radical (unpaired) electrons. The normalized spacial score (nSPS) is 11.1. The molecule has 4 nitrogen and oxygen atoms in total. The first-order valence-electron chi connectivity index (χ1n) is 9.62. The van der Waals surface area contributed by atoms with E-state index in [1.54, 1.807) is 0 Å². The summed E-state index contributed by atoms with van der Waals surface area (Å²) in [7, 11) is 0. The van der Waals surface area contributed by atoms with Crippen molar-refractivity contribution in [2.45, 2.75) is 27.2 Å². The van der Waals surface area contributed by atoms with E-state index in [0.717, 1.165) is 45.9 Å². The van der Waals surface area contributed by atoms with Crippen molar-refractivity contribution >= 4 is 17.2 Å². The lowest BCUT2D eigenvalue weighted by Gasteiger charge is -2.09. The summed E-state index contributed by atoms with van der Waals surface area (Å²) in [6.07, 6.45) is 1.91. The number of imidazole rings is 1. The Balaban J connectivity index is 1.74. The average molecular weight is 405 g/mol. The van der Waals surface area contributed by atoms with Gasteiger partial charge in [0.2, 0.25) is 5.91 Å². The third-order valence-corrected chi connectivity index (χ3v) is 5.26. The topological polar surface area (TPSA) is 46.4 Å². The Morgan fingerprint density at radius 2 is 1.77 bits per heavy atom. The summed E-state index contributed by atoms with van der Waals surface area (Å²) in [6, 6.07) is 13.3. The average Bonchev–Trinajstić information content (AvgIpc) is 3.07. The highest BCUT2D eigenvalue weighted by atomic mass is 19.2. The fraction of sp³-hybridized carbons (Fsp3) is 0.167. The van der Waals surface area contributed by atoms with E-state index in [1.165, 1.54) is 11.6 Å². The summed E-state index contributed by atoms with van der Waals surface area (Å²) in [5.74, 6) is -2.30. The number of fused-ring (bicyclic) bond motifs is 1. The molecule has 0 atom stereocenters. The molecule has 0 saturated carbocycles. The van der Waals surface area contributed by atoms with E-state index in [-0.39, 0.29) is 18.0 Å². The Hall–Kier alpha value is -3.54. The second kappa shape index (κ2) is 7.71. The van der Waals surface area contributed by atoms with Crippen LogP contribution in [0.3, 0.4) is 0 Å². The number of amides is 1. The molecule has 0 aliphatic heterocycles. The molecule has 152 valence electrons. The summed E-state index contributed by atoms with van der Waals surface area (Å²) in [5, 5.41) is 2.64. The van der Waals surface area contributed by atoms with Gasteiger partial charge in [-0.25, -0.2) is 13.8 Å². The van der Waals surface area contributed by atoms with Crippen LogP contribution in [0.25, 0.3) is 16.9 Å². The monoisotopic (exact) mass is 405 g/mol. The molecule has 2 aromatic carbocycles. The van der Waals surface area contributed by atoms with Gasteiger partial charge in [-0.3, -0.25) is 4.79 Å². The van der Waals surface area contributed by atoms with Gasteiger partial charge in [0, 0.05) is 23.5 Å². The van der Waals surface area contributed by atoms with E-state index >= 15 is 0 Å². The van der Waals surface area contributed by atoms with Gasteiger partial charge in [-0.1, -0.05) is 18.2 Å². The smallest absolute Gasteiger partial charge is 0.230 e. The molecule has 0 aliphatic rings. The molecule has 0 bridgehead atoms. The Bertz CT molecular complexity index is 1280. The van der Waals surface area contributed by atoms with E-state index in [4.69, 9.17) is 4.98 Å². The van der Waals surface area contributed by atoms with Crippen LogP contribution < -0.4 is 5.32 Å². The van der Waals surface area contributed by atoms with Crippen LogP contribution in [-0.4, -0.2) is 15.3 Å². The molecule has 1 N–H and O–H groups in total. The molecule has 2 heterocycles. The Morgan fingerprint density at radius 3 is 2.50 bits per heavy atom. The zero-order valence-electron chi connectivity index (χ0n) is 17.0. The lowest BCUT2D eigenvalue weighted by molar-refractivity contribution is -0.115. The van der Waals surface area contributed by atoms with Crippen LogP contribution in [0.4, 0.5) is 14.5 Å². The van der Waals surface area contributed by atoms with Gasteiger partial charge >= 0.3 is 0 Å². The maximum atomic E-state index is 13.5. The lowest BCUT2D eigenvalue weighted by Crippen LogP contribution is -2.16. The van der Waals surface area contributed by atoms with Crippen LogP contribution in [-0.2, 0) is 11.2 Å². The third-order valence-electron chi connectivity index (χ3n) is 5.26. The molecule has 0 saturated heterocycles. The van der Waals surface area contributed by atoms with Crippen LogP contribution in [0.5, 0.6) is 0 Å². The van der Waals surface area contributed by atoms with E-state index < -0.39 is 11.6 Å². The summed E-state index contributed by atoms with van der Waals surface area (Å²) >= 11 is 0. The number of halogens is 2. The van der Waals surface area contributed by atoms with Crippen molar-refractivity contribution in [3.05, 3.63) is 88.7 Å². The number of hydrogen-bond acceptors (Lipinski definition) is 2. The number of hydrogen-bond donors (Lipinski definition) is 1. The standard InChI is InChI=1S/C24H21F2N3O/c1-14-6-7-17(11-16(14)3)23-21(29-10-4-5-15(2)24(29)28-23)13-22(30)27-18-8-9-19(25)20(26)12-18/h4-12H,13H2,1-3H3,(H,27,30). The molecular weight excluding hydrogens is 384 g/mol. The van der Waals surface area contributed by atoms with Crippen molar-refractivity contribution in [2.24, 2.45) is 0 Å². The zero-order chi connectivity index (χ0) is 21.4. The molecule has 4 aromatic rings. The predicted molar refractivity (Wildman–Crippen MR) is 114 cm³/mol. The van der Waals surface area contributed by atoms with Gasteiger partial charge in [0.15, 0.2) is 11.6 Å². The van der Waals surface area contributed by atoms with Gasteiger partial charge in [0.25, 0.3) is 0 Å². The number of pyridine rings is 1. The molecule has 0 unspecified atom stereocenters. The minimum Gasteiger partial charge on any atom is -0.326 e. The van der Waals surface area contributed by atoms with Crippen LogP contribution >= 0.6 is 0 Å². The molecule has 2 aromatic heterocycles. The molecule has 6 heteroatoms. The first-order valence-corrected chi connectivity index (χ1v) is 9.62. The second-order valence-electron chi connectivity index (χ2n) is 7.44. The number of aromatic nitrogens is 2. The van der Waals surface area contributed by atoms with Crippen molar-refractivity contribution in [1.82, 2.24) is 9.38 Å². The second-order valence-corrected chi connectivity index (χ2v) is 7.44. The van der Waals surface area contributed by atoms with Crippen LogP contribution in [0.2, 0.25) is 0 Å². The number of nitrogens with zero attached hydrogens (tertiary/aromatic N) is 2. The van der Waals surface area contributed by atoms with Gasteiger partial charge in [-0.05, 0) is 61.7 Å². The van der Waals surface area contributed by atoms with E-state index in [1.807, 2.05) is 55.6 Å². The number of aryl methyl sites for hydroxylation is 3. The van der Waals surface area contributed by atoms with Crippen molar-refractivity contribution < 1.29 is 13.6 Å². The minimum atomic E-state index is -1.01. The summed E-state index contributed by atoms with van der Waals surface area (Å²) in [6.45, 7) is 6.05. The molecule has 4 rings (SSSR count). The highest BCUT2D eigenvalue weighted by Gasteiger charge is 2.19. The SMILES string of the molecule is Cc1ccc(-c2nc3c(C)cccn3c2CC(=O)Nc2ccc(F)c(F)c2)cc1C. The Morgan fingerprint density at radius 1 is 0.967 bits per heavy atom. The first-order chi connectivity index (χ1) is 14.3.